The molecule has 1 aliphatic heterocycles. The smallest absolute Gasteiger partial charge is 0.407 e. The SMILES string of the molecule is CCOP(=O)(COc1cc(NC(=O)Nc2cccc(CNC(=O)O[C@H]3CCOC3)c2)ccc1-c1cnco1)OCC. The molecule has 4 rings (SSSR count). The molecule has 14 heteroatoms. The van der Waals surface area contributed by atoms with Gasteiger partial charge < -0.3 is 43.6 Å². The molecule has 0 saturated carbocycles. The monoisotopic (exact) mass is 588 g/mol. The molecule has 41 heavy (non-hydrogen) atoms. The average molecular weight is 589 g/mol. The van der Waals surface area contributed by atoms with Crippen molar-refractivity contribution >= 4 is 31.1 Å². The molecule has 13 nitrogen and oxygen atoms in total. The normalized spacial score (nSPS) is 14.8. The second-order valence-electron chi connectivity index (χ2n) is 8.82. The van der Waals surface area contributed by atoms with E-state index in [-0.39, 0.29) is 38.0 Å². The zero-order valence-corrected chi connectivity index (χ0v) is 23.7. The molecule has 2 heterocycles. The quantitative estimate of drug-likeness (QED) is 0.214. The van der Waals surface area contributed by atoms with Crippen LogP contribution in [0.25, 0.3) is 11.3 Å². The lowest BCUT2D eigenvalue weighted by atomic mass is 10.1. The molecule has 0 aliphatic carbocycles. The number of nitrogens with one attached hydrogen (secondary N) is 3. The summed E-state index contributed by atoms with van der Waals surface area (Å²) >= 11 is 0. The number of oxazole rings is 1. The lowest BCUT2D eigenvalue weighted by Gasteiger charge is -2.19. The first-order valence-corrected chi connectivity index (χ1v) is 14.8. The number of anilines is 2. The van der Waals surface area contributed by atoms with Crippen molar-refractivity contribution in [3.63, 3.8) is 0 Å². The minimum atomic E-state index is -3.50. The highest BCUT2D eigenvalue weighted by atomic mass is 31.2. The molecule has 1 aromatic heterocycles. The summed E-state index contributed by atoms with van der Waals surface area (Å²) in [5.41, 5.74) is 2.22. The summed E-state index contributed by atoms with van der Waals surface area (Å²) in [4.78, 5) is 28.7. The zero-order chi connectivity index (χ0) is 29.1. The van der Waals surface area contributed by atoms with Gasteiger partial charge in [0.05, 0.1) is 38.2 Å². The molecular weight excluding hydrogens is 555 g/mol. The molecule has 3 aromatic rings. The molecule has 1 fully saturated rings. The van der Waals surface area contributed by atoms with Crippen LogP contribution in [0.2, 0.25) is 0 Å². The molecule has 2 aromatic carbocycles. The summed E-state index contributed by atoms with van der Waals surface area (Å²) in [5.74, 6) is 0.702. The van der Waals surface area contributed by atoms with Crippen LogP contribution in [0.5, 0.6) is 5.75 Å². The van der Waals surface area contributed by atoms with E-state index in [1.165, 1.54) is 12.6 Å². The molecule has 1 aliphatic rings. The van der Waals surface area contributed by atoms with Crippen molar-refractivity contribution in [2.75, 3.05) is 43.4 Å². The van der Waals surface area contributed by atoms with Crippen LogP contribution in [0.4, 0.5) is 21.0 Å². The first-order chi connectivity index (χ1) is 19.9. The number of alkyl carbamates (subject to hydrolysis) is 1. The van der Waals surface area contributed by atoms with E-state index in [0.717, 1.165) is 5.56 Å². The summed E-state index contributed by atoms with van der Waals surface area (Å²) in [6.07, 6.45) is 2.37. The number of ether oxygens (including phenoxy) is 3. The zero-order valence-electron chi connectivity index (χ0n) is 22.8. The third kappa shape index (κ3) is 9.05. The predicted octanol–water partition coefficient (Wildman–Crippen LogP) is 5.60. The van der Waals surface area contributed by atoms with Gasteiger partial charge in [0.2, 0.25) is 0 Å². The number of aromatic nitrogens is 1. The van der Waals surface area contributed by atoms with Crippen LogP contribution in [0.3, 0.4) is 0 Å². The maximum Gasteiger partial charge on any atom is 0.407 e. The van der Waals surface area contributed by atoms with Crippen molar-refractivity contribution in [3.8, 4) is 17.1 Å². The van der Waals surface area contributed by atoms with Gasteiger partial charge in [0.1, 0.15) is 11.9 Å². The highest BCUT2D eigenvalue weighted by molar-refractivity contribution is 7.53. The van der Waals surface area contributed by atoms with Crippen molar-refractivity contribution in [1.82, 2.24) is 10.3 Å². The van der Waals surface area contributed by atoms with Crippen LogP contribution in [0, 0.1) is 0 Å². The molecule has 0 unspecified atom stereocenters. The van der Waals surface area contributed by atoms with Gasteiger partial charge in [-0.3, -0.25) is 4.57 Å². The minimum Gasteiger partial charge on any atom is -0.480 e. The average Bonchev–Trinajstić information content (AvgIpc) is 3.66. The van der Waals surface area contributed by atoms with E-state index in [1.807, 2.05) is 6.07 Å². The van der Waals surface area contributed by atoms with Crippen molar-refractivity contribution in [3.05, 3.63) is 60.6 Å². The van der Waals surface area contributed by atoms with Gasteiger partial charge in [-0.15, -0.1) is 0 Å². The molecule has 0 bridgehead atoms. The Hall–Kier alpha value is -3.90. The van der Waals surface area contributed by atoms with E-state index in [4.69, 9.17) is 27.7 Å². The van der Waals surface area contributed by atoms with E-state index in [9.17, 15) is 14.2 Å². The Morgan fingerprint density at radius 2 is 1.85 bits per heavy atom. The number of carbonyl (C=O) groups excluding carboxylic acids is 2. The van der Waals surface area contributed by atoms with Gasteiger partial charge >= 0.3 is 19.7 Å². The van der Waals surface area contributed by atoms with Crippen LogP contribution >= 0.6 is 7.60 Å². The van der Waals surface area contributed by atoms with Crippen LogP contribution in [-0.4, -0.2) is 56.0 Å². The number of rotatable bonds is 13. The molecule has 3 N–H and O–H groups in total. The standard InChI is InChI=1S/C27H33N4O9P/c1-3-38-41(34,39-4-2)18-37-24-13-21(8-9-23(24)25-15-28-17-36-25)31-26(32)30-20-7-5-6-19(12-20)14-29-27(33)40-22-10-11-35-16-22/h5-9,12-13,15,17,22H,3-4,10-11,14,16,18H2,1-2H3,(H,29,33)(H2,30,31,32)/t22-/m0/s1. The fourth-order valence-electron chi connectivity index (χ4n) is 3.95. The summed E-state index contributed by atoms with van der Waals surface area (Å²) < 4.78 is 45.3. The highest BCUT2D eigenvalue weighted by Gasteiger charge is 2.26. The third-order valence-corrected chi connectivity index (χ3v) is 7.50. The second-order valence-corrected chi connectivity index (χ2v) is 10.8. The Morgan fingerprint density at radius 3 is 2.54 bits per heavy atom. The second kappa shape index (κ2) is 14.6. The minimum absolute atomic E-state index is 0.189. The fraction of sp³-hybridized carbons (Fsp3) is 0.370. The van der Waals surface area contributed by atoms with Gasteiger partial charge in [-0.2, -0.15) is 0 Å². The molecule has 0 radical (unpaired) electrons. The number of hydrogen-bond donors (Lipinski definition) is 3. The van der Waals surface area contributed by atoms with Crippen molar-refractivity contribution in [2.24, 2.45) is 0 Å². The Balaban J connectivity index is 1.38. The van der Waals surface area contributed by atoms with Gasteiger partial charge in [0.25, 0.3) is 0 Å². The topological polar surface area (TPSA) is 159 Å². The van der Waals surface area contributed by atoms with Crippen LogP contribution < -0.4 is 20.7 Å². The van der Waals surface area contributed by atoms with Crippen molar-refractivity contribution in [1.29, 1.82) is 0 Å². The molecule has 1 saturated heterocycles. The third-order valence-electron chi connectivity index (χ3n) is 5.75. The van der Waals surface area contributed by atoms with E-state index in [1.54, 1.807) is 50.2 Å². The molecule has 1 atom stereocenters. The van der Waals surface area contributed by atoms with Crippen molar-refractivity contribution < 1.29 is 41.8 Å². The first kappa shape index (κ1) is 30.1. The number of nitrogens with zero attached hydrogens (tertiary/aromatic N) is 1. The number of urea groups is 1. The fourth-order valence-corrected chi connectivity index (χ4v) is 5.26. The Morgan fingerprint density at radius 1 is 1.07 bits per heavy atom. The maximum atomic E-state index is 12.9. The Kier molecular flexibility index (Phi) is 10.7. The number of amides is 3. The number of carbonyl (C=O) groups is 2. The van der Waals surface area contributed by atoms with Crippen LogP contribution in [0.1, 0.15) is 25.8 Å². The summed E-state index contributed by atoms with van der Waals surface area (Å²) in [6, 6.07) is 11.4. The summed E-state index contributed by atoms with van der Waals surface area (Å²) in [5, 5.41) is 8.21. The van der Waals surface area contributed by atoms with Gasteiger partial charge in [0.15, 0.2) is 18.5 Å². The Bertz CT molecular complexity index is 1340. The summed E-state index contributed by atoms with van der Waals surface area (Å²) in [7, 11) is -3.50. The predicted molar refractivity (Wildman–Crippen MR) is 150 cm³/mol. The highest BCUT2D eigenvalue weighted by Crippen LogP contribution is 2.48. The lowest BCUT2D eigenvalue weighted by molar-refractivity contribution is 0.0828. The molecule has 3 amide bonds. The van der Waals surface area contributed by atoms with E-state index >= 15 is 0 Å². The van der Waals surface area contributed by atoms with E-state index in [0.29, 0.717) is 42.3 Å². The summed E-state index contributed by atoms with van der Waals surface area (Å²) in [6.45, 7) is 5.01. The lowest BCUT2D eigenvalue weighted by Crippen LogP contribution is -2.28. The van der Waals surface area contributed by atoms with Gasteiger partial charge in [-0.25, -0.2) is 14.6 Å². The largest absolute Gasteiger partial charge is 0.480 e. The van der Waals surface area contributed by atoms with Gasteiger partial charge in [-0.05, 0) is 43.7 Å². The first-order valence-electron chi connectivity index (χ1n) is 13.1. The van der Waals surface area contributed by atoms with Crippen LogP contribution in [0.15, 0.2) is 59.5 Å². The molecule has 0 spiro atoms. The number of hydrogen-bond acceptors (Lipinski definition) is 10. The number of benzene rings is 2. The van der Waals surface area contributed by atoms with Gasteiger partial charge in [0, 0.05) is 30.4 Å². The van der Waals surface area contributed by atoms with E-state index < -0.39 is 19.7 Å². The molecular formula is C27H33N4O9P. The van der Waals surface area contributed by atoms with Crippen molar-refractivity contribution in [2.45, 2.75) is 32.9 Å². The van der Waals surface area contributed by atoms with Gasteiger partial charge in [-0.1, -0.05) is 12.1 Å². The maximum absolute atomic E-state index is 12.9. The Labute approximate surface area is 237 Å². The van der Waals surface area contributed by atoms with Crippen LogP contribution in [-0.2, 0) is 29.6 Å². The molecule has 220 valence electrons. The van der Waals surface area contributed by atoms with E-state index in [2.05, 4.69) is 20.9 Å².